The topological polar surface area (TPSA) is 52.5 Å². The second kappa shape index (κ2) is 5.48. The maximum Gasteiger partial charge on any atom is 0.257 e. The van der Waals surface area contributed by atoms with Crippen LogP contribution in [0.5, 0.6) is 11.5 Å². The zero-order valence-corrected chi connectivity index (χ0v) is 11.1. The Labute approximate surface area is 111 Å². The van der Waals surface area contributed by atoms with Crippen LogP contribution in [0.4, 0.5) is 5.69 Å². The summed E-state index contributed by atoms with van der Waals surface area (Å²) in [6.45, 7) is 0. The Morgan fingerprint density at radius 3 is 2.47 bits per heavy atom. The number of nitrogens with zero attached hydrogens (tertiary/aromatic N) is 1. The van der Waals surface area contributed by atoms with E-state index >= 15 is 0 Å². The number of benzene rings is 1. The number of hydrogen-bond donors (Lipinski definition) is 1. The first kappa shape index (κ1) is 13.0. The van der Waals surface area contributed by atoms with E-state index in [0.29, 0.717) is 22.7 Å². The summed E-state index contributed by atoms with van der Waals surface area (Å²) in [4.78, 5) is 12.0. The lowest BCUT2D eigenvalue weighted by Crippen LogP contribution is -2.11. The van der Waals surface area contributed by atoms with Crippen LogP contribution in [-0.4, -0.2) is 24.7 Å². The van der Waals surface area contributed by atoms with Gasteiger partial charge < -0.3 is 19.4 Å². The number of aryl methyl sites for hydroxylation is 1. The molecule has 1 N–H and O–H groups in total. The highest BCUT2D eigenvalue weighted by Gasteiger charge is 2.09. The molecular weight excluding hydrogens is 244 g/mol. The first-order valence-electron chi connectivity index (χ1n) is 5.79. The van der Waals surface area contributed by atoms with Crippen molar-refractivity contribution in [3.63, 3.8) is 0 Å². The van der Waals surface area contributed by atoms with Crippen molar-refractivity contribution >= 4 is 11.6 Å². The van der Waals surface area contributed by atoms with E-state index in [1.54, 1.807) is 44.7 Å². The Morgan fingerprint density at radius 2 is 1.89 bits per heavy atom. The second-order valence-electron chi connectivity index (χ2n) is 4.09. The number of nitrogens with one attached hydrogen (secondary N) is 1. The van der Waals surface area contributed by atoms with Crippen molar-refractivity contribution in [3.8, 4) is 11.5 Å². The molecule has 19 heavy (non-hydrogen) atoms. The molecule has 2 rings (SSSR count). The summed E-state index contributed by atoms with van der Waals surface area (Å²) in [6.07, 6.45) is 3.58. The lowest BCUT2D eigenvalue weighted by molar-refractivity contribution is 0.102. The zero-order chi connectivity index (χ0) is 13.8. The van der Waals surface area contributed by atoms with Crippen LogP contribution in [0, 0.1) is 0 Å². The van der Waals surface area contributed by atoms with Gasteiger partial charge in [-0.3, -0.25) is 4.79 Å². The third-order valence-electron chi connectivity index (χ3n) is 2.74. The molecule has 0 saturated heterocycles. The van der Waals surface area contributed by atoms with Gasteiger partial charge >= 0.3 is 0 Å². The molecule has 0 saturated carbocycles. The molecule has 100 valence electrons. The van der Waals surface area contributed by atoms with Gasteiger partial charge in [0.05, 0.1) is 19.8 Å². The summed E-state index contributed by atoms with van der Waals surface area (Å²) in [5, 5.41) is 2.81. The van der Waals surface area contributed by atoms with E-state index in [2.05, 4.69) is 5.32 Å². The molecule has 0 aliphatic heterocycles. The molecule has 0 bridgehead atoms. The van der Waals surface area contributed by atoms with Gasteiger partial charge in [-0.15, -0.1) is 0 Å². The number of amides is 1. The van der Waals surface area contributed by atoms with Crippen LogP contribution in [0.2, 0.25) is 0 Å². The molecule has 0 aliphatic rings. The van der Waals surface area contributed by atoms with Gasteiger partial charge in [-0.05, 0) is 18.2 Å². The summed E-state index contributed by atoms with van der Waals surface area (Å²) in [7, 11) is 4.99. The summed E-state index contributed by atoms with van der Waals surface area (Å²) in [6, 6.07) is 7.00. The highest BCUT2D eigenvalue weighted by molar-refractivity contribution is 6.04. The number of hydrogen-bond acceptors (Lipinski definition) is 3. The summed E-state index contributed by atoms with van der Waals surface area (Å²) in [5.74, 6) is 1.04. The quantitative estimate of drug-likeness (QED) is 0.917. The first-order valence-corrected chi connectivity index (χ1v) is 5.79. The van der Waals surface area contributed by atoms with Gasteiger partial charge in [0.25, 0.3) is 5.91 Å². The number of carbonyl (C=O) groups excluding carboxylic acids is 1. The van der Waals surface area contributed by atoms with E-state index in [1.807, 2.05) is 17.8 Å². The Balaban J connectivity index is 2.17. The van der Waals surface area contributed by atoms with E-state index in [-0.39, 0.29) is 5.91 Å². The van der Waals surface area contributed by atoms with E-state index in [4.69, 9.17) is 9.47 Å². The van der Waals surface area contributed by atoms with Crippen molar-refractivity contribution in [2.45, 2.75) is 0 Å². The first-order chi connectivity index (χ1) is 9.13. The molecule has 5 heteroatoms. The highest BCUT2D eigenvalue weighted by atomic mass is 16.5. The monoisotopic (exact) mass is 260 g/mol. The molecule has 1 heterocycles. The SMILES string of the molecule is COc1ccc(NC(=O)c2ccn(C)c2)cc1OC. The zero-order valence-electron chi connectivity index (χ0n) is 11.1. The molecule has 5 nitrogen and oxygen atoms in total. The van der Waals surface area contributed by atoms with Crippen molar-refractivity contribution in [3.05, 3.63) is 42.2 Å². The number of ether oxygens (including phenoxy) is 2. The Morgan fingerprint density at radius 1 is 1.16 bits per heavy atom. The Kier molecular flexibility index (Phi) is 3.75. The van der Waals surface area contributed by atoms with Gasteiger partial charge in [0.1, 0.15) is 0 Å². The smallest absolute Gasteiger partial charge is 0.257 e. The van der Waals surface area contributed by atoms with Crippen LogP contribution in [0.15, 0.2) is 36.7 Å². The maximum absolute atomic E-state index is 12.0. The molecule has 0 spiro atoms. The third-order valence-corrected chi connectivity index (χ3v) is 2.74. The van der Waals surface area contributed by atoms with Gasteiger partial charge in [0, 0.05) is 31.2 Å². The molecule has 1 aromatic heterocycles. The molecule has 0 fully saturated rings. The average molecular weight is 260 g/mol. The molecule has 0 atom stereocenters. The Bertz CT molecular complexity index is 590. The predicted molar refractivity (Wildman–Crippen MR) is 72.9 cm³/mol. The average Bonchev–Trinajstić information content (AvgIpc) is 2.85. The second-order valence-corrected chi connectivity index (χ2v) is 4.09. The summed E-state index contributed by atoms with van der Waals surface area (Å²) in [5.41, 5.74) is 1.27. The molecule has 2 aromatic rings. The van der Waals surface area contributed by atoms with Crippen molar-refractivity contribution < 1.29 is 14.3 Å². The van der Waals surface area contributed by atoms with Crippen molar-refractivity contribution in [1.82, 2.24) is 4.57 Å². The lowest BCUT2D eigenvalue weighted by atomic mass is 10.2. The van der Waals surface area contributed by atoms with Crippen LogP contribution < -0.4 is 14.8 Å². The van der Waals surface area contributed by atoms with Crippen LogP contribution in [-0.2, 0) is 7.05 Å². The number of anilines is 1. The van der Waals surface area contributed by atoms with Crippen LogP contribution in [0.25, 0.3) is 0 Å². The number of carbonyl (C=O) groups is 1. The van der Waals surface area contributed by atoms with Gasteiger partial charge in [-0.25, -0.2) is 0 Å². The molecule has 0 unspecified atom stereocenters. The van der Waals surface area contributed by atoms with Crippen LogP contribution in [0.3, 0.4) is 0 Å². The normalized spacial score (nSPS) is 10.1. The molecular formula is C14H16N2O3. The molecule has 0 radical (unpaired) electrons. The number of aromatic nitrogens is 1. The van der Waals surface area contributed by atoms with Crippen LogP contribution >= 0.6 is 0 Å². The van der Waals surface area contributed by atoms with Gasteiger partial charge in [0.2, 0.25) is 0 Å². The van der Waals surface area contributed by atoms with E-state index in [9.17, 15) is 4.79 Å². The van der Waals surface area contributed by atoms with E-state index < -0.39 is 0 Å². The maximum atomic E-state index is 12.0. The minimum Gasteiger partial charge on any atom is -0.493 e. The fourth-order valence-electron chi connectivity index (χ4n) is 1.75. The van der Waals surface area contributed by atoms with Gasteiger partial charge in [0.15, 0.2) is 11.5 Å². The highest BCUT2D eigenvalue weighted by Crippen LogP contribution is 2.29. The van der Waals surface area contributed by atoms with Crippen molar-refractivity contribution in [1.29, 1.82) is 0 Å². The van der Waals surface area contributed by atoms with Gasteiger partial charge in [-0.2, -0.15) is 0 Å². The molecule has 1 amide bonds. The summed E-state index contributed by atoms with van der Waals surface area (Å²) >= 11 is 0. The molecule has 1 aromatic carbocycles. The minimum atomic E-state index is -0.159. The Hall–Kier alpha value is -2.43. The predicted octanol–water partition coefficient (Wildman–Crippen LogP) is 2.29. The molecule has 0 aliphatic carbocycles. The minimum absolute atomic E-state index is 0.159. The summed E-state index contributed by atoms with van der Waals surface area (Å²) < 4.78 is 12.2. The third kappa shape index (κ3) is 2.88. The van der Waals surface area contributed by atoms with E-state index in [0.717, 1.165) is 0 Å². The largest absolute Gasteiger partial charge is 0.493 e. The number of rotatable bonds is 4. The van der Waals surface area contributed by atoms with Crippen molar-refractivity contribution in [2.24, 2.45) is 7.05 Å². The van der Waals surface area contributed by atoms with Crippen LogP contribution in [0.1, 0.15) is 10.4 Å². The standard InChI is InChI=1S/C14H16N2O3/c1-16-7-6-10(9-16)14(17)15-11-4-5-12(18-2)13(8-11)19-3/h4-9H,1-3H3,(H,15,17). The van der Waals surface area contributed by atoms with Gasteiger partial charge in [-0.1, -0.05) is 0 Å². The fourth-order valence-corrected chi connectivity index (χ4v) is 1.75. The van der Waals surface area contributed by atoms with E-state index in [1.165, 1.54) is 0 Å². The fraction of sp³-hybridized carbons (Fsp3) is 0.214. The lowest BCUT2D eigenvalue weighted by Gasteiger charge is -2.10. The number of methoxy groups -OCH3 is 2. The van der Waals surface area contributed by atoms with Crippen molar-refractivity contribution in [2.75, 3.05) is 19.5 Å².